The van der Waals surface area contributed by atoms with E-state index >= 15 is 0 Å². The molecule has 2 rings (SSSR count). The fourth-order valence-electron chi connectivity index (χ4n) is 3.42. The van der Waals surface area contributed by atoms with Crippen molar-refractivity contribution in [3.8, 4) is 40.5 Å². The summed E-state index contributed by atoms with van der Waals surface area (Å²) in [7, 11) is 4.32. The molecular weight excluding hydrogens is 464 g/mol. The third-order valence-corrected chi connectivity index (χ3v) is 4.92. The van der Waals surface area contributed by atoms with Crippen LogP contribution in [-0.2, 0) is 19.1 Å². The zero-order valence-corrected chi connectivity index (χ0v) is 20.7. The number of nitrogens with zero attached hydrogens (tertiary/aromatic N) is 2. The van der Waals surface area contributed by atoms with Gasteiger partial charge >= 0.3 is 11.9 Å². The van der Waals surface area contributed by atoms with Crippen molar-refractivity contribution in [1.82, 2.24) is 0 Å². The van der Waals surface area contributed by atoms with E-state index in [0.29, 0.717) is 28.0 Å². The fraction of sp³-hybridized carbons (Fsp3) is 0.259. The minimum Gasteiger partial charge on any atom is -0.493 e. The minimum atomic E-state index is -0.790. The Labute approximate surface area is 209 Å². The summed E-state index contributed by atoms with van der Waals surface area (Å²) in [5.74, 6) is -0.737. The molecule has 0 aliphatic heterocycles. The van der Waals surface area contributed by atoms with E-state index in [-0.39, 0.29) is 35.9 Å². The van der Waals surface area contributed by atoms with Crippen LogP contribution in [-0.4, -0.2) is 46.5 Å². The van der Waals surface area contributed by atoms with Gasteiger partial charge in [-0.05, 0) is 48.8 Å². The first-order valence-electron chi connectivity index (χ1n) is 10.9. The van der Waals surface area contributed by atoms with Crippen molar-refractivity contribution in [3.63, 3.8) is 0 Å². The number of esters is 2. The molecule has 0 N–H and O–H groups in total. The maximum absolute atomic E-state index is 12.3. The fourth-order valence-corrected chi connectivity index (χ4v) is 3.42. The standard InChI is InChI=1S/C27H26N2O7/c1-6-35-26(30)19(15-28)12-17-10-8-9-11-21(17)23-18(13-20(16-29)27(31)36-7-2)14-22(32-3)24(33-4)25(23)34-5/h8-14H,6-7H2,1-5H3/b19-12+,20-13+. The summed E-state index contributed by atoms with van der Waals surface area (Å²) in [6, 6.07) is 12.2. The van der Waals surface area contributed by atoms with Crippen LogP contribution in [0.15, 0.2) is 41.5 Å². The van der Waals surface area contributed by atoms with Gasteiger partial charge in [0.25, 0.3) is 0 Å². The lowest BCUT2D eigenvalue weighted by atomic mass is 9.91. The summed E-state index contributed by atoms with van der Waals surface area (Å²) in [5, 5.41) is 19.2. The lowest BCUT2D eigenvalue weighted by Gasteiger charge is -2.20. The van der Waals surface area contributed by atoms with Crippen LogP contribution in [0.2, 0.25) is 0 Å². The van der Waals surface area contributed by atoms with Crippen LogP contribution in [0, 0.1) is 22.7 Å². The van der Waals surface area contributed by atoms with Crippen LogP contribution < -0.4 is 14.2 Å². The first kappa shape index (κ1) is 27.5. The molecule has 0 fully saturated rings. The van der Waals surface area contributed by atoms with Crippen molar-refractivity contribution < 1.29 is 33.3 Å². The summed E-state index contributed by atoms with van der Waals surface area (Å²) < 4.78 is 26.7. The van der Waals surface area contributed by atoms with Crippen molar-refractivity contribution in [2.24, 2.45) is 0 Å². The second-order valence-electron chi connectivity index (χ2n) is 6.98. The highest BCUT2D eigenvalue weighted by atomic mass is 16.5. The number of methoxy groups -OCH3 is 3. The van der Waals surface area contributed by atoms with E-state index in [1.165, 1.54) is 33.5 Å². The molecule has 186 valence electrons. The molecule has 0 spiro atoms. The average molecular weight is 491 g/mol. The molecule has 2 aromatic carbocycles. The molecular formula is C27H26N2O7. The largest absolute Gasteiger partial charge is 0.493 e. The van der Waals surface area contributed by atoms with Gasteiger partial charge in [-0.3, -0.25) is 0 Å². The van der Waals surface area contributed by atoms with E-state index in [1.54, 1.807) is 44.2 Å². The number of benzene rings is 2. The Bertz CT molecular complexity index is 1280. The first-order chi connectivity index (χ1) is 17.4. The van der Waals surface area contributed by atoms with Gasteiger partial charge in [0.05, 0.1) is 34.5 Å². The molecule has 36 heavy (non-hydrogen) atoms. The second kappa shape index (κ2) is 13.2. The van der Waals surface area contributed by atoms with Crippen LogP contribution in [0.4, 0.5) is 0 Å². The highest BCUT2D eigenvalue weighted by molar-refractivity contribution is 6.02. The van der Waals surface area contributed by atoms with Crippen LogP contribution >= 0.6 is 0 Å². The number of hydrogen-bond acceptors (Lipinski definition) is 9. The quantitative estimate of drug-likeness (QED) is 0.272. The predicted octanol–water partition coefficient (Wildman–Crippen LogP) is 4.32. The van der Waals surface area contributed by atoms with Gasteiger partial charge in [-0.1, -0.05) is 24.3 Å². The number of nitriles is 2. The van der Waals surface area contributed by atoms with Crippen molar-refractivity contribution in [2.45, 2.75) is 13.8 Å². The van der Waals surface area contributed by atoms with Gasteiger partial charge < -0.3 is 23.7 Å². The summed E-state index contributed by atoms with van der Waals surface area (Å²) >= 11 is 0. The van der Waals surface area contributed by atoms with Gasteiger partial charge in [0.2, 0.25) is 5.75 Å². The van der Waals surface area contributed by atoms with Crippen LogP contribution in [0.25, 0.3) is 23.3 Å². The molecule has 0 aromatic heterocycles. The molecule has 0 radical (unpaired) electrons. The highest BCUT2D eigenvalue weighted by Gasteiger charge is 2.24. The topological polar surface area (TPSA) is 128 Å². The zero-order valence-electron chi connectivity index (χ0n) is 20.7. The molecule has 0 saturated heterocycles. The Morgan fingerprint density at radius 1 is 0.806 bits per heavy atom. The predicted molar refractivity (Wildman–Crippen MR) is 132 cm³/mol. The van der Waals surface area contributed by atoms with E-state index in [1.807, 2.05) is 12.1 Å². The van der Waals surface area contributed by atoms with Gasteiger partial charge in [0, 0.05) is 5.56 Å². The Morgan fingerprint density at radius 3 is 1.81 bits per heavy atom. The van der Waals surface area contributed by atoms with Crippen molar-refractivity contribution in [3.05, 3.63) is 52.6 Å². The normalized spacial score (nSPS) is 11.1. The summed E-state index contributed by atoms with van der Waals surface area (Å²) in [4.78, 5) is 24.6. The summed E-state index contributed by atoms with van der Waals surface area (Å²) in [5.41, 5.74) is 1.37. The number of ether oxygens (including phenoxy) is 5. The van der Waals surface area contributed by atoms with E-state index in [4.69, 9.17) is 23.7 Å². The SMILES string of the molecule is CCOC(=O)/C(C#N)=C/c1ccccc1-c1c(/C=C(\C#N)C(=O)OCC)cc(OC)c(OC)c1OC. The van der Waals surface area contributed by atoms with Gasteiger partial charge in [-0.25, -0.2) is 9.59 Å². The number of carbonyl (C=O) groups excluding carboxylic acids is 2. The lowest BCUT2D eigenvalue weighted by molar-refractivity contribution is -0.138. The van der Waals surface area contributed by atoms with Gasteiger partial charge in [-0.15, -0.1) is 0 Å². The van der Waals surface area contributed by atoms with E-state index in [9.17, 15) is 20.1 Å². The highest BCUT2D eigenvalue weighted by Crippen LogP contribution is 2.48. The third-order valence-electron chi connectivity index (χ3n) is 4.92. The number of rotatable bonds is 10. The van der Waals surface area contributed by atoms with Crippen molar-refractivity contribution >= 4 is 24.1 Å². The third kappa shape index (κ3) is 6.02. The maximum atomic E-state index is 12.3. The first-order valence-corrected chi connectivity index (χ1v) is 10.9. The molecule has 2 aromatic rings. The van der Waals surface area contributed by atoms with Gasteiger partial charge in [-0.2, -0.15) is 10.5 Å². The van der Waals surface area contributed by atoms with E-state index in [2.05, 4.69) is 0 Å². The number of hydrogen-bond donors (Lipinski definition) is 0. The molecule has 0 aliphatic rings. The molecule has 0 unspecified atom stereocenters. The zero-order chi connectivity index (χ0) is 26.7. The number of carbonyl (C=O) groups is 2. The molecule has 9 heteroatoms. The molecule has 0 heterocycles. The molecule has 0 bridgehead atoms. The molecule has 0 saturated carbocycles. The Morgan fingerprint density at radius 2 is 1.33 bits per heavy atom. The van der Waals surface area contributed by atoms with Crippen LogP contribution in [0.5, 0.6) is 17.2 Å². The van der Waals surface area contributed by atoms with Gasteiger partial charge in [0.15, 0.2) is 11.5 Å². The van der Waals surface area contributed by atoms with Crippen LogP contribution in [0.3, 0.4) is 0 Å². The Balaban J connectivity index is 2.98. The summed E-state index contributed by atoms with van der Waals surface area (Å²) in [6.07, 6.45) is 2.75. The van der Waals surface area contributed by atoms with Crippen molar-refractivity contribution in [2.75, 3.05) is 34.5 Å². The smallest absolute Gasteiger partial charge is 0.348 e. The van der Waals surface area contributed by atoms with E-state index in [0.717, 1.165) is 0 Å². The Kier molecular flexibility index (Phi) is 10.1. The monoisotopic (exact) mass is 490 g/mol. The van der Waals surface area contributed by atoms with Crippen molar-refractivity contribution in [1.29, 1.82) is 10.5 Å². The van der Waals surface area contributed by atoms with Gasteiger partial charge in [0.1, 0.15) is 23.3 Å². The molecule has 0 aliphatic carbocycles. The van der Waals surface area contributed by atoms with Crippen LogP contribution in [0.1, 0.15) is 25.0 Å². The minimum absolute atomic E-state index is 0.0956. The van der Waals surface area contributed by atoms with E-state index < -0.39 is 11.9 Å². The molecule has 0 atom stereocenters. The summed E-state index contributed by atoms with van der Waals surface area (Å²) in [6.45, 7) is 3.49. The molecule has 9 nitrogen and oxygen atoms in total. The molecule has 0 amide bonds. The lowest BCUT2D eigenvalue weighted by Crippen LogP contribution is -2.07. The second-order valence-corrected chi connectivity index (χ2v) is 6.98. The Hall–Kier alpha value is -4.76. The average Bonchev–Trinajstić information content (AvgIpc) is 2.89. The maximum Gasteiger partial charge on any atom is 0.348 e.